The van der Waals surface area contributed by atoms with Gasteiger partial charge in [0.2, 0.25) is 0 Å². The lowest BCUT2D eigenvalue weighted by Gasteiger charge is -2.15. The minimum atomic E-state index is -0.731. The highest BCUT2D eigenvalue weighted by Gasteiger charge is 2.34. The average Bonchev–Trinajstić information content (AvgIpc) is 3.72. The molecule has 2 atom stereocenters. The Kier molecular flexibility index (Phi) is 6.30. The van der Waals surface area contributed by atoms with Gasteiger partial charge in [0.15, 0.2) is 5.82 Å². The number of nitrogens with one attached hydrogen (secondary N) is 2. The van der Waals surface area contributed by atoms with E-state index in [1.165, 1.54) is 30.3 Å². The van der Waals surface area contributed by atoms with Gasteiger partial charge in [0.05, 0.1) is 47.0 Å². The number of imidazole rings is 1. The number of halogens is 2. The number of rotatable bonds is 5. The first-order chi connectivity index (χ1) is 19.3. The lowest BCUT2D eigenvalue weighted by molar-refractivity contribution is 0.187. The van der Waals surface area contributed by atoms with E-state index in [0.29, 0.717) is 35.3 Å². The summed E-state index contributed by atoms with van der Waals surface area (Å²) < 4.78 is 22.7. The average molecular weight is 563 g/mol. The highest BCUT2D eigenvalue weighted by Crippen LogP contribution is 2.39. The third-order valence-electron chi connectivity index (χ3n) is 6.63. The largest absolute Gasteiger partial charge is 0.453 e. The second-order valence-corrected chi connectivity index (χ2v) is 9.51. The number of pyridine rings is 1. The number of carbonyl (C=O) groups excluding carboxylic acids is 1. The summed E-state index contributed by atoms with van der Waals surface area (Å²) in [6, 6.07) is 7.22. The molecule has 15 heteroatoms. The van der Waals surface area contributed by atoms with Gasteiger partial charge in [-0.05, 0) is 41.1 Å². The first kappa shape index (κ1) is 25.3. The molecule has 2 N–H and O–H groups in total. The van der Waals surface area contributed by atoms with Crippen LogP contribution in [0, 0.1) is 5.82 Å². The monoisotopic (exact) mass is 562 g/mol. The van der Waals surface area contributed by atoms with Crippen molar-refractivity contribution in [3.63, 3.8) is 0 Å². The Morgan fingerprint density at radius 1 is 1.23 bits per heavy atom. The lowest BCUT2D eigenvalue weighted by atomic mass is 10.1. The topological polar surface area (TPSA) is 158 Å². The molecule has 202 valence electrons. The van der Waals surface area contributed by atoms with Gasteiger partial charge in [-0.3, -0.25) is 14.7 Å². The summed E-state index contributed by atoms with van der Waals surface area (Å²) in [7, 11) is 1.27. The lowest BCUT2D eigenvalue weighted by Crippen LogP contribution is -2.25. The van der Waals surface area contributed by atoms with Gasteiger partial charge in [-0.25, -0.2) is 24.1 Å². The molecule has 0 fully saturated rings. The number of amides is 1. The molecule has 0 saturated heterocycles. The van der Waals surface area contributed by atoms with Crippen molar-refractivity contribution >= 4 is 23.5 Å². The summed E-state index contributed by atoms with van der Waals surface area (Å²) >= 11 is 6.09. The van der Waals surface area contributed by atoms with Crippen LogP contribution >= 0.6 is 11.6 Å². The van der Waals surface area contributed by atoms with E-state index in [2.05, 4.69) is 40.5 Å². The number of benzene rings is 1. The fourth-order valence-corrected chi connectivity index (χ4v) is 4.92. The zero-order valence-corrected chi connectivity index (χ0v) is 21.8. The fourth-order valence-electron chi connectivity index (χ4n) is 4.76. The van der Waals surface area contributed by atoms with E-state index in [0.717, 1.165) is 5.56 Å². The molecule has 0 spiro atoms. The number of methoxy groups -OCH3 is 1. The van der Waals surface area contributed by atoms with E-state index < -0.39 is 18.0 Å². The maximum Gasteiger partial charge on any atom is 0.412 e. The number of hydrogen-bond acceptors (Lipinski definition) is 9. The van der Waals surface area contributed by atoms with Crippen molar-refractivity contribution < 1.29 is 13.9 Å². The Morgan fingerprint density at radius 3 is 2.80 bits per heavy atom. The predicted octanol–water partition coefficient (Wildman–Crippen LogP) is 3.74. The highest BCUT2D eigenvalue weighted by molar-refractivity contribution is 6.31. The number of carbonyl (C=O) groups is 1. The number of hydrogen-bond donors (Lipinski definition) is 2. The molecule has 0 bridgehead atoms. The minimum absolute atomic E-state index is 0.0221. The molecule has 0 unspecified atom stereocenters. The van der Waals surface area contributed by atoms with Crippen LogP contribution in [0.15, 0.2) is 53.8 Å². The Hall–Kier alpha value is -4.98. The van der Waals surface area contributed by atoms with Gasteiger partial charge in [-0.2, -0.15) is 4.68 Å². The Labute approximate surface area is 230 Å². The molecule has 1 aromatic carbocycles. The van der Waals surface area contributed by atoms with Crippen LogP contribution in [0.1, 0.15) is 37.0 Å². The van der Waals surface area contributed by atoms with Crippen molar-refractivity contribution in [2.24, 2.45) is 0 Å². The van der Waals surface area contributed by atoms with E-state index >= 15 is 4.39 Å². The van der Waals surface area contributed by atoms with Crippen LogP contribution in [0.2, 0.25) is 5.02 Å². The number of nitrogens with zero attached hydrogens (tertiary/aromatic N) is 8. The molecule has 5 aromatic rings. The summed E-state index contributed by atoms with van der Waals surface area (Å²) in [5, 5.41) is 13.4. The molecule has 1 aliphatic rings. The van der Waals surface area contributed by atoms with Crippen molar-refractivity contribution in [1.82, 2.24) is 44.7 Å². The zero-order valence-electron chi connectivity index (χ0n) is 21.0. The Bertz CT molecular complexity index is 1790. The Balaban J connectivity index is 1.35. The molecule has 1 amide bonds. The smallest absolute Gasteiger partial charge is 0.412 e. The third kappa shape index (κ3) is 4.37. The van der Waals surface area contributed by atoms with Crippen molar-refractivity contribution in [2.75, 3.05) is 12.4 Å². The maximum absolute atomic E-state index is 15.3. The zero-order chi connectivity index (χ0) is 28.0. The number of H-pyrrole nitrogens is 1. The Morgan fingerprint density at radius 2 is 2.08 bits per heavy atom. The van der Waals surface area contributed by atoms with Crippen LogP contribution in [-0.4, -0.2) is 57.9 Å². The number of tetrazole rings is 1. The number of aromatic amines is 1. The minimum Gasteiger partial charge on any atom is -0.453 e. The highest BCUT2D eigenvalue weighted by atomic mass is 35.5. The van der Waals surface area contributed by atoms with Gasteiger partial charge in [-0.1, -0.05) is 18.5 Å². The summed E-state index contributed by atoms with van der Waals surface area (Å²) in [6.45, 7) is 1.94. The van der Waals surface area contributed by atoms with Crippen molar-refractivity contribution in [3.05, 3.63) is 81.9 Å². The molecule has 1 aliphatic heterocycles. The van der Waals surface area contributed by atoms with Crippen LogP contribution in [0.25, 0.3) is 28.2 Å². The van der Waals surface area contributed by atoms with Gasteiger partial charge < -0.3 is 9.72 Å². The molecule has 0 saturated carbocycles. The summed E-state index contributed by atoms with van der Waals surface area (Å²) in [5.74, 6) is 0.535. The third-order valence-corrected chi connectivity index (χ3v) is 6.93. The number of anilines is 1. The van der Waals surface area contributed by atoms with Gasteiger partial charge in [-0.15, -0.1) is 5.10 Å². The second kappa shape index (κ2) is 9.96. The molecule has 5 heterocycles. The molecule has 0 aliphatic carbocycles. The van der Waals surface area contributed by atoms with Gasteiger partial charge in [0.1, 0.15) is 23.8 Å². The molecular weight excluding hydrogens is 543 g/mol. The molecule has 6 rings (SSSR count). The van der Waals surface area contributed by atoms with E-state index in [4.69, 9.17) is 16.6 Å². The van der Waals surface area contributed by atoms with Crippen LogP contribution in [0.5, 0.6) is 0 Å². The number of ether oxygens (including phenoxy) is 1. The molecule has 0 radical (unpaired) electrons. The predicted molar refractivity (Wildman–Crippen MR) is 141 cm³/mol. The van der Waals surface area contributed by atoms with Crippen molar-refractivity contribution in [2.45, 2.75) is 25.3 Å². The van der Waals surface area contributed by atoms with E-state index in [1.54, 1.807) is 35.2 Å². The summed E-state index contributed by atoms with van der Waals surface area (Å²) in [5.41, 5.74) is 1.48. The van der Waals surface area contributed by atoms with Gasteiger partial charge in [0.25, 0.3) is 5.56 Å². The molecular formula is C25H20ClFN10O3. The van der Waals surface area contributed by atoms with Crippen molar-refractivity contribution in [3.8, 4) is 28.2 Å². The SMILES string of the molecule is COC(=O)Nc1ccc(-c2cnc([C@@H]3C[C@@H](C)c4nc(-c5c(-n6cnnn6)ccc(Cl)c5F)cc(=O)n43)[nH]2)cn1. The first-order valence-electron chi connectivity index (χ1n) is 12.1. The first-order valence-corrected chi connectivity index (χ1v) is 12.4. The van der Waals surface area contributed by atoms with E-state index in [1.807, 2.05) is 6.92 Å². The standard InChI is InChI=1S/C25H20ClFN10O3/c1-12-7-18(23-29-10-16(31-23)13-3-6-19(28-9-13)33-25(39)40-2)37-20(38)8-15(32-24(12)37)21-17(36-11-30-34-35-36)5-4-14(26)22(21)27/h3-6,8-12,18H,7H2,1-2H3,(H,29,31)(H,28,33,39)/t12-,18+/m1/s1. The molecule has 13 nitrogen and oxygen atoms in total. The van der Waals surface area contributed by atoms with E-state index in [9.17, 15) is 9.59 Å². The van der Waals surface area contributed by atoms with E-state index in [-0.39, 0.29) is 27.8 Å². The normalized spacial score (nSPS) is 16.1. The maximum atomic E-state index is 15.3. The summed E-state index contributed by atoms with van der Waals surface area (Å²) in [4.78, 5) is 41.6. The fraction of sp³-hybridized carbons (Fsp3) is 0.200. The number of fused-ring (bicyclic) bond motifs is 1. The van der Waals surface area contributed by atoms with Gasteiger partial charge >= 0.3 is 6.09 Å². The van der Waals surface area contributed by atoms with Crippen LogP contribution in [-0.2, 0) is 4.74 Å². The molecule has 40 heavy (non-hydrogen) atoms. The quantitative estimate of drug-likeness (QED) is 0.325. The molecule has 4 aromatic heterocycles. The van der Waals surface area contributed by atoms with Crippen LogP contribution in [0.3, 0.4) is 0 Å². The van der Waals surface area contributed by atoms with Gasteiger partial charge in [0, 0.05) is 23.7 Å². The van der Waals surface area contributed by atoms with Crippen molar-refractivity contribution in [1.29, 1.82) is 0 Å². The summed E-state index contributed by atoms with van der Waals surface area (Å²) in [6.07, 6.45) is 4.48. The van der Waals surface area contributed by atoms with Crippen LogP contribution in [0.4, 0.5) is 15.0 Å². The second-order valence-electron chi connectivity index (χ2n) is 9.10. The number of aromatic nitrogens is 9. The van der Waals surface area contributed by atoms with Crippen LogP contribution < -0.4 is 10.9 Å².